The summed E-state index contributed by atoms with van der Waals surface area (Å²) < 4.78 is 27.6. The SMILES string of the molecule is CN/C=C(\C=N)c1cnc2ccc3ccc(CS(=O)(=O)NCc4ncc[nH]4)cc3c(=O)c2c1. The molecule has 0 bridgehead atoms. The van der Waals surface area contributed by atoms with Gasteiger partial charge in [-0.25, -0.2) is 18.1 Å². The van der Waals surface area contributed by atoms with Crippen molar-refractivity contribution < 1.29 is 8.42 Å². The van der Waals surface area contributed by atoms with E-state index in [0.29, 0.717) is 44.2 Å². The number of sulfonamides is 1. The van der Waals surface area contributed by atoms with Crippen LogP contribution in [0, 0.1) is 5.41 Å². The van der Waals surface area contributed by atoms with E-state index in [1.165, 1.54) is 6.21 Å². The maximum Gasteiger partial charge on any atom is 0.216 e. The summed E-state index contributed by atoms with van der Waals surface area (Å²) >= 11 is 0. The van der Waals surface area contributed by atoms with Gasteiger partial charge in [0.2, 0.25) is 10.0 Å². The molecule has 0 unspecified atom stereocenters. The first-order chi connectivity index (χ1) is 15.9. The largest absolute Gasteiger partial charge is 0.393 e. The zero-order valence-electron chi connectivity index (χ0n) is 17.8. The number of allylic oxidation sites excluding steroid dienone is 1. The second-order valence-electron chi connectivity index (χ2n) is 7.39. The molecular weight excluding hydrogens is 440 g/mol. The van der Waals surface area contributed by atoms with E-state index in [2.05, 4.69) is 25.0 Å². The number of pyridine rings is 1. The number of aromatic amines is 1. The molecule has 0 aliphatic rings. The average Bonchev–Trinajstić information content (AvgIpc) is 3.29. The van der Waals surface area contributed by atoms with Crippen molar-refractivity contribution >= 4 is 43.5 Å². The summed E-state index contributed by atoms with van der Waals surface area (Å²) in [6.07, 6.45) is 7.62. The molecule has 0 radical (unpaired) electrons. The highest BCUT2D eigenvalue weighted by Gasteiger charge is 2.14. The van der Waals surface area contributed by atoms with Crippen LogP contribution in [0.4, 0.5) is 0 Å². The monoisotopic (exact) mass is 462 g/mol. The first kappa shape index (κ1) is 22.3. The minimum atomic E-state index is -3.64. The van der Waals surface area contributed by atoms with Crippen LogP contribution < -0.4 is 15.5 Å². The van der Waals surface area contributed by atoms with Crippen LogP contribution in [-0.4, -0.2) is 36.6 Å². The molecule has 168 valence electrons. The van der Waals surface area contributed by atoms with E-state index in [4.69, 9.17) is 5.41 Å². The Bertz CT molecular complexity index is 1530. The minimum Gasteiger partial charge on any atom is -0.393 e. The first-order valence-electron chi connectivity index (χ1n) is 10.1. The Morgan fingerprint density at radius 1 is 1.15 bits per heavy atom. The van der Waals surface area contributed by atoms with Gasteiger partial charge in [-0.05, 0) is 29.1 Å². The van der Waals surface area contributed by atoms with Gasteiger partial charge >= 0.3 is 0 Å². The molecule has 0 fully saturated rings. The van der Waals surface area contributed by atoms with Gasteiger partial charge in [-0.1, -0.05) is 18.2 Å². The molecular formula is C23H22N6O3S. The fourth-order valence-corrected chi connectivity index (χ4v) is 4.58. The molecule has 0 saturated heterocycles. The predicted octanol–water partition coefficient (Wildman–Crippen LogP) is 2.30. The number of hydrogen-bond acceptors (Lipinski definition) is 7. The molecule has 4 N–H and O–H groups in total. The Balaban J connectivity index is 1.74. The Kier molecular flexibility index (Phi) is 6.29. The molecule has 9 nitrogen and oxygen atoms in total. The van der Waals surface area contributed by atoms with Gasteiger partial charge in [-0.2, -0.15) is 0 Å². The zero-order valence-corrected chi connectivity index (χ0v) is 18.6. The third kappa shape index (κ3) is 4.97. The molecule has 2 heterocycles. The van der Waals surface area contributed by atoms with Crippen LogP contribution in [0.2, 0.25) is 0 Å². The molecule has 10 heteroatoms. The van der Waals surface area contributed by atoms with Gasteiger partial charge in [0.05, 0.1) is 17.8 Å². The third-order valence-corrected chi connectivity index (χ3v) is 6.40. The van der Waals surface area contributed by atoms with Crippen LogP contribution in [0.25, 0.3) is 27.2 Å². The van der Waals surface area contributed by atoms with Crippen LogP contribution in [0.15, 0.2) is 66.0 Å². The number of nitrogens with zero attached hydrogens (tertiary/aromatic N) is 2. The van der Waals surface area contributed by atoms with E-state index in [1.54, 1.807) is 68.2 Å². The smallest absolute Gasteiger partial charge is 0.216 e. The Morgan fingerprint density at radius 2 is 1.97 bits per heavy atom. The maximum atomic E-state index is 13.4. The second-order valence-corrected chi connectivity index (χ2v) is 9.20. The van der Waals surface area contributed by atoms with E-state index < -0.39 is 10.0 Å². The van der Waals surface area contributed by atoms with E-state index in [9.17, 15) is 13.2 Å². The van der Waals surface area contributed by atoms with Gasteiger partial charge in [-0.3, -0.25) is 9.78 Å². The minimum absolute atomic E-state index is 0.0548. The molecule has 0 spiro atoms. The van der Waals surface area contributed by atoms with Crippen molar-refractivity contribution in [1.82, 2.24) is 25.0 Å². The molecule has 2 aromatic heterocycles. The molecule has 33 heavy (non-hydrogen) atoms. The molecule has 0 atom stereocenters. The van der Waals surface area contributed by atoms with Crippen LogP contribution in [0.5, 0.6) is 0 Å². The summed E-state index contributed by atoms with van der Waals surface area (Å²) in [4.78, 5) is 24.6. The zero-order chi connectivity index (χ0) is 23.4. The number of aromatic nitrogens is 3. The fraction of sp³-hybridized carbons (Fsp3) is 0.130. The van der Waals surface area contributed by atoms with Gasteiger partial charge in [0.15, 0.2) is 5.43 Å². The van der Waals surface area contributed by atoms with Crippen LogP contribution in [0.3, 0.4) is 0 Å². The number of hydrogen-bond donors (Lipinski definition) is 4. The highest BCUT2D eigenvalue weighted by atomic mass is 32.2. The summed E-state index contributed by atoms with van der Waals surface area (Å²) in [5.74, 6) is 0.240. The Hall–Kier alpha value is -3.89. The molecule has 4 rings (SSSR count). The van der Waals surface area contributed by atoms with Gasteiger partial charge in [0, 0.05) is 60.0 Å². The fourth-order valence-electron chi connectivity index (χ4n) is 3.50. The van der Waals surface area contributed by atoms with Gasteiger partial charge < -0.3 is 15.7 Å². The van der Waals surface area contributed by atoms with Crippen LogP contribution in [-0.2, 0) is 22.3 Å². The summed E-state index contributed by atoms with van der Waals surface area (Å²) in [5.41, 5.74) is 1.96. The number of imidazole rings is 1. The summed E-state index contributed by atoms with van der Waals surface area (Å²) in [5, 5.41) is 12.0. The number of rotatable bonds is 8. The van der Waals surface area contributed by atoms with Crippen molar-refractivity contribution in [3.8, 4) is 0 Å². The lowest BCUT2D eigenvalue weighted by molar-refractivity contribution is 0.579. The van der Waals surface area contributed by atoms with Gasteiger partial charge in [-0.15, -0.1) is 0 Å². The number of benzene rings is 1. The Morgan fingerprint density at radius 3 is 2.70 bits per heavy atom. The summed E-state index contributed by atoms with van der Waals surface area (Å²) in [7, 11) is -1.92. The van der Waals surface area contributed by atoms with Crippen molar-refractivity contribution in [2.45, 2.75) is 12.3 Å². The number of H-pyrrole nitrogens is 1. The van der Waals surface area contributed by atoms with E-state index >= 15 is 0 Å². The van der Waals surface area contributed by atoms with Crippen LogP contribution >= 0.6 is 0 Å². The molecule has 4 aromatic rings. The molecule has 2 aromatic carbocycles. The van der Waals surface area contributed by atoms with E-state index in [-0.39, 0.29) is 17.7 Å². The maximum absolute atomic E-state index is 13.4. The highest BCUT2D eigenvalue weighted by molar-refractivity contribution is 7.88. The topological polar surface area (TPSA) is 141 Å². The standard InChI is InChI=1S/C23H22N6O3S/c1-25-11-18(10-24)17-9-20-21(28-12-17)5-4-16-3-2-15(8-19(16)23(20)30)14-33(31,32)29-13-22-26-6-7-27-22/h2-12,24-25,29H,13-14H2,1H3,(H,26,27)/b18-11+,24-10?. The van der Waals surface area contributed by atoms with Crippen molar-refractivity contribution in [1.29, 1.82) is 5.41 Å². The lowest BCUT2D eigenvalue weighted by atomic mass is 10.1. The summed E-state index contributed by atoms with van der Waals surface area (Å²) in [6.45, 7) is 0.0548. The predicted molar refractivity (Wildman–Crippen MR) is 129 cm³/mol. The van der Waals surface area contributed by atoms with Gasteiger partial charge in [0.25, 0.3) is 0 Å². The van der Waals surface area contributed by atoms with E-state index in [0.717, 1.165) is 0 Å². The molecule has 0 saturated carbocycles. The second kappa shape index (κ2) is 9.31. The normalized spacial score (nSPS) is 12.2. The summed E-state index contributed by atoms with van der Waals surface area (Å²) in [6, 6.07) is 10.3. The van der Waals surface area contributed by atoms with Gasteiger partial charge in [0.1, 0.15) is 5.82 Å². The lowest BCUT2D eigenvalue weighted by Crippen LogP contribution is -2.25. The highest BCUT2D eigenvalue weighted by Crippen LogP contribution is 2.20. The Labute approximate surface area is 190 Å². The van der Waals surface area contributed by atoms with Crippen molar-refractivity contribution in [2.75, 3.05) is 7.05 Å². The van der Waals surface area contributed by atoms with E-state index in [1.807, 2.05) is 0 Å². The van der Waals surface area contributed by atoms with Crippen molar-refractivity contribution in [3.63, 3.8) is 0 Å². The quantitative estimate of drug-likeness (QED) is 0.296. The third-order valence-electron chi connectivity index (χ3n) is 5.11. The number of fused-ring (bicyclic) bond motifs is 2. The number of nitrogens with one attached hydrogen (secondary N) is 4. The molecule has 0 aliphatic heterocycles. The van der Waals surface area contributed by atoms with Crippen LogP contribution in [0.1, 0.15) is 17.0 Å². The molecule has 0 aliphatic carbocycles. The van der Waals surface area contributed by atoms with Crippen molar-refractivity contribution in [2.24, 2.45) is 0 Å². The molecule has 0 amide bonds. The first-order valence-corrected chi connectivity index (χ1v) is 11.7. The lowest BCUT2D eigenvalue weighted by Gasteiger charge is -2.06. The van der Waals surface area contributed by atoms with Crippen molar-refractivity contribution in [3.05, 3.63) is 88.4 Å². The average molecular weight is 463 g/mol.